The van der Waals surface area contributed by atoms with Gasteiger partial charge in [-0.2, -0.15) is 0 Å². The van der Waals surface area contributed by atoms with Crippen molar-refractivity contribution in [2.45, 2.75) is 131 Å². The third kappa shape index (κ3) is 13.0. The molecule has 0 saturated heterocycles. The Labute approximate surface area is 247 Å². The normalized spacial score (nSPS) is 13.7. The lowest BCUT2D eigenvalue weighted by atomic mass is 9.93. The van der Waals surface area contributed by atoms with Gasteiger partial charge in [-0.25, -0.2) is 4.79 Å². The topological polar surface area (TPSA) is 131 Å². The lowest BCUT2D eigenvalue weighted by Crippen LogP contribution is -2.56. The molecule has 0 aliphatic heterocycles. The van der Waals surface area contributed by atoms with Crippen LogP contribution in [0.2, 0.25) is 0 Å². The Morgan fingerprint density at radius 3 is 2.22 bits per heavy atom. The molecule has 0 aliphatic carbocycles. The summed E-state index contributed by atoms with van der Waals surface area (Å²) in [4.78, 5) is 54.6. The zero-order valence-corrected chi connectivity index (χ0v) is 26.8. The molecule has 3 unspecified atom stereocenters. The minimum Gasteiger partial charge on any atom is -0.444 e. The fourth-order valence-corrected chi connectivity index (χ4v) is 4.64. The number of carbonyl (C=O) groups excluding carboxylic acids is 4. The van der Waals surface area contributed by atoms with E-state index in [4.69, 9.17) is 10.5 Å². The van der Waals surface area contributed by atoms with Crippen LogP contribution in [0, 0.1) is 19.8 Å². The van der Waals surface area contributed by atoms with Gasteiger partial charge in [0.2, 0.25) is 17.7 Å². The molecular formula is C32H54N4O5. The summed E-state index contributed by atoms with van der Waals surface area (Å²) in [5, 5.41) is 5.73. The van der Waals surface area contributed by atoms with Crippen LogP contribution in [0.3, 0.4) is 0 Å². The largest absolute Gasteiger partial charge is 0.444 e. The van der Waals surface area contributed by atoms with E-state index in [2.05, 4.69) is 31.4 Å². The lowest BCUT2D eigenvalue weighted by Gasteiger charge is -2.39. The number of amides is 4. The number of carbonyl (C=O) groups is 4. The number of primary amides is 1. The van der Waals surface area contributed by atoms with Crippen molar-refractivity contribution < 1.29 is 23.9 Å². The van der Waals surface area contributed by atoms with Gasteiger partial charge in [0.1, 0.15) is 17.7 Å². The summed E-state index contributed by atoms with van der Waals surface area (Å²) in [5.41, 5.74) is 7.23. The van der Waals surface area contributed by atoms with Crippen LogP contribution in [0.5, 0.6) is 0 Å². The number of alkyl carbamates (subject to hydrolysis) is 1. The van der Waals surface area contributed by atoms with Crippen LogP contribution in [0.25, 0.3) is 0 Å². The van der Waals surface area contributed by atoms with E-state index in [9.17, 15) is 19.2 Å². The van der Waals surface area contributed by atoms with Gasteiger partial charge in [-0.1, -0.05) is 57.4 Å². The molecule has 0 aromatic heterocycles. The predicted octanol–water partition coefficient (Wildman–Crippen LogP) is 5.46. The minimum absolute atomic E-state index is 0.0154. The molecule has 0 saturated carbocycles. The first-order valence-corrected chi connectivity index (χ1v) is 15.0. The molecule has 4 amide bonds. The van der Waals surface area contributed by atoms with Gasteiger partial charge in [0.05, 0.1) is 0 Å². The Morgan fingerprint density at radius 1 is 1.00 bits per heavy atom. The van der Waals surface area contributed by atoms with Crippen molar-refractivity contribution >= 4 is 23.8 Å². The van der Waals surface area contributed by atoms with Crippen LogP contribution in [0.1, 0.15) is 116 Å². The monoisotopic (exact) mass is 574 g/mol. The quantitative estimate of drug-likeness (QED) is 0.226. The first-order chi connectivity index (χ1) is 19.1. The molecule has 0 radical (unpaired) electrons. The zero-order valence-electron chi connectivity index (χ0n) is 26.8. The van der Waals surface area contributed by atoms with Gasteiger partial charge in [-0.3, -0.25) is 14.4 Å². The van der Waals surface area contributed by atoms with Gasteiger partial charge < -0.3 is 26.0 Å². The third-order valence-electron chi connectivity index (χ3n) is 6.90. The summed E-state index contributed by atoms with van der Waals surface area (Å²) in [6, 6.07) is 3.49. The lowest BCUT2D eigenvalue weighted by molar-refractivity contribution is -0.145. The Balaban J connectivity index is 3.67. The molecule has 1 aromatic carbocycles. The summed E-state index contributed by atoms with van der Waals surface area (Å²) < 4.78 is 5.43. The third-order valence-corrected chi connectivity index (χ3v) is 6.90. The van der Waals surface area contributed by atoms with E-state index in [1.54, 1.807) is 25.7 Å². The first kappa shape index (κ1) is 35.9. The van der Waals surface area contributed by atoms with Crippen molar-refractivity contribution in [2.75, 3.05) is 6.54 Å². The highest BCUT2D eigenvalue weighted by Crippen LogP contribution is 2.30. The number of aryl methyl sites for hydroxylation is 2. The highest BCUT2D eigenvalue weighted by molar-refractivity contribution is 5.93. The summed E-state index contributed by atoms with van der Waals surface area (Å²) in [6.07, 6.45) is 3.43. The number of nitrogens with one attached hydrogen (secondary N) is 2. The van der Waals surface area contributed by atoms with E-state index in [-0.39, 0.29) is 24.8 Å². The molecule has 9 heteroatoms. The van der Waals surface area contributed by atoms with Gasteiger partial charge >= 0.3 is 6.09 Å². The second-order valence-corrected chi connectivity index (χ2v) is 12.5. The Hall–Kier alpha value is -3.10. The minimum atomic E-state index is -1.11. The fraction of sp³-hybridized carbons (Fsp3) is 0.688. The average Bonchev–Trinajstić information content (AvgIpc) is 2.86. The van der Waals surface area contributed by atoms with Crippen molar-refractivity contribution in [2.24, 2.45) is 11.7 Å². The Kier molecular flexibility index (Phi) is 14.9. The molecule has 41 heavy (non-hydrogen) atoms. The molecule has 3 atom stereocenters. The maximum absolute atomic E-state index is 14.5. The number of unbranched alkanes of at least 4 members (excludes halogenated alkanes) is 2. The highest BCUT2D eigenvalue weighted by atomic mass is 16.6. The van der Waals surface area contributed by atoms with E-state index >= 15 is 0 Å². The molecule has 0 fully saturated rings. The number of rotatable bonds is 16. The van der Waals surface area contributed by atoms with Crippen LogP contribution >= 0.6 is 0 Å². The molecule has 0 heterocycles. The van der Waals surface area contributed by atoms with E-state index in [0.717, 1.165) is 42.4 Å². The highest BCUT2D eigenvalue weighted by Gasteiger charge is 2.39. The standard InChI is InChI=1S/C32H54N4O5/c1-10-11-12-19-34-29(38)28(25-20-22(4)14-15-23(25)5)36(24(6)16-13-21(2)3)30(39)26(17-18-27(33)37)35-31(40)41-32(7,8)9/h14-15,20-21,24,26,28H,10-13,16-19H2,1-9H3,(H2,33,37)(H,34,38)(H,35,40). The molecule has 232 valence electrons. The number of nitrogens with two attached hydrogens (primary N) is 1. The average molecular weight is 575 g/mol. The maximum atomic E-state index is 14.5. The van der Waals surface area contributed by atoms with Crippen LogP contribution in [0.15, 0.2) is 18.2 Å². The molecule has 0 aliphatic rings. The number of benzene rings is 1. The molecular weight excluding hydrogens is 520 g/mol. The second-order valence-electron chi connectivity index (χ2n) is 12.5. The van der Waals surface area contributed by atoms with E-state index in [1.165, 1.54) is 0 Å². The van der Waals surface area contributed by atoms with Crippen molar-refractivity contribution in [3.8, 4) is 0 Å². The van der Waals surface area contributed by atoms with E-state index < -0.39 is 35.6 Å². The molecule has 4 N–H and O–H groups in total. The van der Waals surface area contributed by atoms with Crippen LogP contribution in [0.4, 0.5) is 4.79 Å². The first-order valence-electron chi connectivity index (χ1n) is 15.0. The van der Waals surface area contributed by atoms with Crippen LogP contribution < -0.4 is 16.4 Å². The molecule has 9 nitrogen and oxygen atoms in total. The SMILES string of the molecule is CCCCCNC(=O)C(c1cc(C)ccc1C)N(C(=O)C(CCC(N)=O)NC(=O)OC(C)(C)C)C(C)CCC(C)C. The summed E-state index contributed by atoms with van der Waals surface area (Å²) in [6.45, 7) is 17.8. The van der Waals surface area contributed by atoms with Gasteiger partial charge in [-0.15, -0.1) is 0 Å². The molecule has 1 aromatic rings. The summed E-state index contributed by atoms with van der Waals surface area (Å²) in [7, 11) is 0. The summed E-state index contributed by atoms with van der Waals surface area (Å²) in [5.74, 6) is -0.927. The smallest absolute Gasteiger partial charge is 0.408 e. The number of hydrogen-bond donors (Lipinski definition) is 3. The number of hydrogen-bond acceptors (Lipinski definition) is 5. The number of ether oxygens (including phenoxy) is 1. The van der Waals surface area contributed by atoms with E-state index in [1.807, 2.05) is 39.0 Å². The van der Waals surface area contributed by atoms with Crippen molar-refractivity contribution in [3.63, 3.8) is 0 Å². The van der Waals surface area contributed by atoms with Crippen molar-refractivity contribution in [3.05, 3.63) is 34.9 Å². The van der Waals surface area contributed by atoms with Gasteiger partial charge in [0, 0.05) is 19.0 Å². The van der Waals surface area contributed by atoms with Gasteiger partial charge in [-0.05, 0) is 84.3 Å². The van der Waals surface area contributed by atoms with Crippen LogP contribution in [-0.2, 0) is 19.1 Å². The Morgan fingerprint density at radius 2 is 1.66 bits per heavy atom. The van der Waals surface area contributed by atoms with E-state index in [0.29, 0.717) is 18.9 Å². The maximum Gasteiger partial charge on any atom is 0.408 e. The van der Waals surface area contributed by atoms with Gasteiger partial charge in [0.15, 0.2) is 0 Å². The van der Waals surface area contributed by atoms with Gasteiger partial charge in [0.25, 0.3) is 0 Å². The second kappa shape index (κ2) is 17.0. The molecule has 0 spiro atoms. The summed E-state index contributed by atoms with van der Waals surface area (Å²) >= 11 is 0. The van der Waals surface area contributed by atoms with Crippen molar-refractivity contribution in [1.29, 1.82) is 0 Å². The number of nitrogens with zero attached hydrogens (tertiary/aromatic N) is 1. The molecule has 0 bridgehead atoms. The zero-order chi connectivity index (χ0) is 31.3. The molecule has 1 rings (SSSR count). The fourth-order valence-electron chi connectivity index (χ4n) is 4.64. The Bertz CT molecular complexity index is 1020. The van der Waals surface area contributed by atoms with Crippen LogP contribution in [-0.4, -0.2) is 52.9 Å². The van der Waals surface area contributed by atoms with Crippen molar-refractivity contribution in [1.82, 2.24) is 15.5 Å². The predicted molar refractivity (Wildman–Crippen MR) is 163 cm³/mol.